The van der Waals surface area contributed by atoms with Crippen LogP contribution in [0.1, 0.15) is 19.4 Å². The molecule has 5 nitrogen and oxygen atoms in total. The van der Waals surface area contributed by atoms with E-state index in [2.05, 4.69) is 10.6 Å². The summed E-state index contributed by atoms with van der Waals surface area (Å²) in [6.45, 7) is 3.85. The van der Waals surface area contributed by atoms with Gasteiger partial charge in [0, 0.05) is 18.7 Å². The highest BCUT2D eigenvalue weighted by atomic mass is 16.1. The molecule has 0 saturated carbocycles. The molecule has 0 aliphatic carbocycles. The summed E-state index contributed by atoms with van der Waals surface area (Å²) in [4.78, 5) is 11.6. The molecule has 5 N–H and O–H groups in total. The second-order valence-corrected chi connectivity index (χ2v) is 4.41. The quantitative estimate of drug-likeness (QED) is 0.469. The minimum Gasteiger partial charge on any atom is -0.393 e. The summed E-state index contributed by atoms with van der Waals surface area (Å²) in [6, 6.07) is 9.24. The molecule has 1 amide bonds. The van der Waals surface area contributed by atoms with Crippen LogP contribution in [0.5, 0.6) is 0 Å². The fraction of sp³-hybridized carbons (Fsp3) is 0.286. The molecule has 1 aromatic rings. The number of benzene rings is 1. The number of nitrogens with one attached hydrogen (secondary N) is 3. The lowest BCUT2D eigenvalue weighted by molar-refractivity contribution is -0.117. The average molecular weight is 260 g/mol. The molecule has 0 bridgehead atoms. The number of likely N-dealkylation sites (N-methyl/N-ethyl adjacent to an activating group) is 1. The predicted octanol–water partition coefficient (Wildman–Crippen LogP) is 0.969. The van der Waals surface area contributed by atoms with Crippen LogP contribution in [0.15, 0.2) is 41.7 Å². The van der Waals surface area contributed by atoms with Crippen LogP contribution in [0.3, 0.4) is 0 Å². The van der Waals surface area contributed by atoms with Gasteiger partial charge in [0.25, 0.3) is 5.91 Å². The maximum absolute atomic E-state index is 11.6. The third-order valence-corrected chi connectivity index (χ3v) is 2.49. The molecule has 0 heterocycles. The highest BCUT2D eigenvalue weighted by molar-refractivity contribution is 6.14. The lowest BCUT2D eigenvalue weighted by atomic mass is 10.1. The molecule has 0 fully saturated rings. The van der Waals surface area contributed by atoms with E-state index in [9.17, 15) is 4.79 Å². The van der Waals surface area contributed by atoms with Gasteiger partial charge >= 0.3 is 0 Å². The van der Waals surface area contributed by atoms with Crippen molar-refractivity contribution < 1.29 is 4.79 Å². The summed E-state index contributed by atoms with van der Waals surface area (Å²) in [5.41, 5.74) is 7.10. The van der Waals surface area contributed by atoms with Gasteiger partial charge in [0.2, 0.25) is 0 Å². The molecule has 102 valence electrons. The van der Waals surface area contributed by atoms with Gasteiger partial charge in [-0.15, -0.1) is 0 Å². The van der Waals surface area contributed by atoms with Gasteiger partial charge in [-0.1, -0.05) is 30.3 Å². The first kappa shape index (κ1) is 14.8. The summed E-state index contributed by atoms with van der Waals surface area (Å²) >= 11 is 0. The number of nitrogens with two attached hydrogens (primary N) is 1. The average Bonchev–Trinajstić information content (AvgIpc) is 2.43. The molecule has 19 heavy (non-hydrogen) atoms. The zero-order valence-electron chi connectivity index (χ0n) is 11.4. The van der Waals surface area contributed by atoms with Gasteiger partial charge in [0.05, 0.1) is 11.4 Å². The Morgan fingerprint density at radius 1 is 1.26 bits per heavy atom. The van der Waals surface area contributed by atoms with E-state index >= 15 is 0 Å². The number of carbonyl (C=O) groups is 1. The zero-order valence-corrected chi connectivity index (χ0v) is 11.4. The fourth-order valence-corrected chi connectivity index (χ4v) is 1.57. The summed E-state index contributed by atoms with van der Waals surface area (Å²) in [5, 5.41) is 13.7. The van der Waals surface area contributed by atoms with E-state index in [0.29, 0.717) is 11.3 Å². The van der Waals surface area contributed by atoms with Crippen molar-refractivity contribution in [2.45, 2.75) is 19.9 Å². The van der Waals surface area contributed by atoms with Crippen molar-refractivity contribution in [1.29, 1.82) is 5.41 Å². The lowest BCUT2D eigenvalue weighted by Gasteiger charge is -2.17. The number of hydrogen-bond acceptors (Lipinski definition) is 4. The molecule has 5 heteroatoms. The Hall–Kier alpha value is -2.30. The molecule has 0 saturated heterocycles. The highest BCUT2D eigenvalue weighted by Crippen LogP contribution is 2.09. The summed E-state index contributed by atoms with van der Waals surface area (Å²) in [6.07, 6.45) is 0. The smallest absolute Gasteiger partial charge is 0.269 e. The maximum atomic E-state index is 11.6. The van der Waals surface area contributed by atoms with E-state index in [1.165, 1.54) is 7.05 Å². The Balaban J connectivity index is 3.18. The molecule has 1 aromatic carbocycles. The Morgan fingerprint density at radius 2 is 1.84 bits per heavy atom. The zero-order chi connectivity index (χ0) is 14.4. The van der Waals surface area contributed by atoms with Gasteiger partial charge in [0.1, 0.15) is 5.70 Å². The molecule has 0 radical (unpaired) electrons. The van der Waals surface area contributed by atoms with Crippen LogP contribution in [-0.4, -0.2) is 24.7 Å². The van der Waals surface area contributed by atoms with Crippen LogP contribution in [0, 0.1) is 5.41 Å². The Bertz CT molecular complexity index is 491. The first-order valence-electron chi connectivity index (χ1n) is 6.10. The van der Waals surface area contributed by atoms with Gasteiger partial charge in [0.15, 0.2) is 0 Å². The molecule has 0 spiro atoms. The van der Waals surface area contributed by atoms with Crippen LogP contribution < -0.4 is 16.4 Å². The molecule has 0 aliphatic heterocycles. The molecular formula is C14H20N4O. The lowest BCUT2D eigenvalue weighted by Crippen LogP contribution is -2.35. The molecule has 0 unspecified atom stereocenters. The number of carbonyl (C=O) groups excluding carboxylic acids is 1. The number of allylic oxidation sites excluding steroid dienone is 1. The van der Waals surface area contributed by atoms with Crippen molar-refractivity contribution >= 4 is 11.6 Å². The van der Waals surface area contributed by atoms with E-state index < -0.39 is 5.91 Å². The van der Waals surface area contributed by atoms with Gasteiger partial charge in [-0.2, -0.15) is 0 Å². The topological polar surface area (TPSA) is 91.0 Å². The summed E-state index contributed by atoms with van der Waals surface area (Å²) < 4.78 is 0. The fourth-order valence-electron chi connectivity index (χ4n) is 1.57. The van der Waals surface area contributed by atoms with E-state index in [0.717, 1.165) is 0 Å². The van der Waals surface area contributed by atoms with Crippen LogP contribution in [0.25, 0.3) is 0 Å². The minimum absolute atomic E-state index is 0.0186. The summed E-state index contributed by atoms with van der Waals surface area (Å²) in [7, 11) is 1.51. The predicted molar refractivity (Wildman–Crippen MR) is 76.8 cm³/mol. The van der Waals surface area contributed by atoms with E-state index in [1.807, 2.05) is 44.2 Å². The molecule has 0 aliphatic rings. The molecule has 0 aromatic heterocycles. The Labute approximate surface area is 113 Å². The second kappa shape index (κ2) is 6.58. The second-order valence-electron chi connectivity index (χ2n) is 4.41. The van der Waals surface area contributed by atoms with E-state index in [-0.39, 0.29) is 17.5 Å². The van der Waals surface area contributed by atoms with Crippen molar-refractivity contribution in [3.05, 3.63) is 47.3 Å². The van der Waals surface area contributed by atoms with Crippen molar-refractivity contribution in [2.75, 3.05) is 7.05 Å². The molecule has 1 rings (SSSR count). The van der Waals surface area contributed by atoms with Crippen LogP contribution >= 0.6 is 0 Å². The minimum atomic E-state index is -0.399. The van der Waals surface area contributed by atoms with Crippen LogP contribution in [0.2, 0.25) is 0 Å². The van der Waals surface area contributed by atoms with Crippen molar-refractivity contribution in [1.82, 2.24) is 10.6 Å². The Kier molecular flexibility index (Phi) is 5.11. The first-order valence-corrected chi connectivity index (χ1v) is 6.10. The molecule has 0 atom stereocenters. The van der Waals surface area contributed by atoms with Gasteiger partial charge in [-0.3, -0.25) is 10.2 Å². The third-order valence-electron chi connectivity index (χ3n) is 2.49. The number of hydrogen-bond donors (Lipinski definition) is 4. The Morgan fingerprint density at radius 3 is 2.32 bits per heavy atom. The highest BCUT2D eigenvalue weighted by Gasteiger charge is 2.17. The van der Waals surface area contributed by atoms with E-state index in [1.54, 1.807) is 0 Å². The van der Waals surface area contributed by atoms with Crippen molar-refractivity contribution in [2.24, 2.45) is 5.73 Å². The SMILES string of the molecule is CNC(=O)/C(N)=C(\NC(C)C)C(=N)c1ccccc1. The van der Waals surface area contributed by atoms with Crippen LogP contribution in [-0.2, 0) is 4.79 Å². The number of rotatable bonds is 5. The van der Waals surface area contributed by atoms with Crippen molar-refractivity contribution in [3.8, 4) is 0 Å². The van der Waals surface area contributed by atoms with Gasteiger partial charge in [-0.25, -0.2) is 0 Å². The monoisotopic (exact) mass is 260 g/mol. The first-order chi connectivity index (χ1) is 8.97. The van der Waals surface area contributed by atoms with Gasteiger partial charge < -0.3 is 16.4 Å². The van der Waals surface area contributed by atoms with Crippen LogP contribution in [0.4, 0.5) is 0 Å². The maximum Gasteiger partial charge on any atom is 0.269 e. The van der Waals surface area contributed by atoms with E-state index in [4.69, 9.17) is 11.1 Å². The normalized spacial score (nSPS) is 11.8. The summed E-state index contributed by atoms with van der Waals surface area (Å²) in [5.74, 6) is -0.399. The standard InChI is InChI=1S/C14H20N4O/c1-9(2)18-13(12(16)14(19)17-3)11(15)10-7-5-4-6-8-10/h4-9,15,18H,16H2,1-3H3,(H,17,19)/b13-12+,15-11?. The van der Waals surface area contributed by atoms with Crippen molar-refractivity contribution in [3.63, 3.8) is 0 Å². The third kappa shape index (κ3) is 3.84. The largest absolute Gasteiger partial charge is 0.393 e. The molecular weight excluding hydrogens is 240 g/mol. The van der Waals surface area contributed by atoms with Gasteiger partial charge in [-0.05, 0) is 13.8 Å². The number of amides is 1.